The molecule has 0 fully saturated rings. The fourth-order valence-corrected chi connectivity index (χ4v) is 2.67. The van der Waals surface area contributed by atoms with Crippen LogP contribution in [0.15, 0.2) is 48.9 Å². The number of amides is 1. The molecule has 9 heteroatoms. The van der Waals surface area contributed by atoms with Crippen molar-refractivity contribution in [1.29, 1.82) is 0 Å². The zero-order valence-corrected chi connectivity index (χ0v) is 13.7. The molecule has 3 aromatic heterocycles. The number of anilines is 2. The molecule has 7 nitrogen and oxygen atoms in total. The van der Waals surface area contributed by atoms with Crippen LogP contribution in [-0.4, -0.2) is 26.1 Å². The van der Waals surface area contributed by atoms with Crippen molar-refractivity contribution in [3.05, 3.63) is 66.1 Å². The molecule has 134 valence electrons. The second-order valence-electron chi connectivity index (χ2n) is 5.71. The normalized spacial score (nSPS) is 10.9. The zero-order valence-electron chi connectivity index (χ0n) is 13.7. The van der Waals surface area contributed by atoms with Crippen molar-refractivity contribution in [3.63, 3.8) is 0 Å². The number of carbonyl (C=O) groups is 1. The Morgan fingerprint density at radius 2 is 2.04 bits per heavy atom. The number of halogens is 2. The number of nitrogens with one attached hydrogen (secondary N) is 2. The van der Waals surface area contributed by atoms with E-state index in [4.69, 9.17) is 5.73 Å². The number of nitrogens with two attached hydrogens (primary N) is 1. The predicted molar refractivity (Wildman–Crippen MR) is 95.8 cm³/mol. The summed E-state index contributed by atoms with van der Waals surface area (Å²) in [4.78, 5) is 20.5. The highest BCUT2D eigenvalue weighted by Gasteiger charge is 2.20. The summed E-state index contributed by atoms with van der Waals surface area (Å²) >= 11 is 0. The van der Waals surface area contributed by atoms with E-state index in [1.807, 2.05) is 6.07 Å². The summed E-state index contributed by atoms with van der Waals surface area (Å²) in [6, 6.07) is 7.19. The zero-order chi connectivity index (χ0) is 19.0. The molecule has 4 rings (SSSR count). The van der Waals surface area contributed by atoms with Crippen LogP contribution < -0.4 is 11.1 Å². The summed E-state index contributed by atoms with van der Waals surface area (Å²) in [5.74, 6) is -3.08. The van der Waals surface area contributed by atoms with Crippen molar-refractivity contribution in [3.8, 4) is 11.3 Å². The molecule has 0 aliphatic heterocycles. The molecule has 4 N–H and O–H groups in total. The Hall–Kier alpha value is -3.88. The molecule has 0 saturated carbocycles. The maximum absolute atomic E-state index is 14.0. The van der Waals surface area contributed by atoms with Gasteiger partial charge in [0.2, 0.25) is 0 Å². The standard InChI is InChI=1S/C18H12F2N6O/c19-12-3-4-13(21)15(20)14(12)18(27)24-10-6-11-16(9-2-1-5-22-7-9)25-26-17(11)23-8-10/h1-8H,21H2,(H,24,27)(H,23,25,26). The number of benzene rings is 1. The van der Waals surface area contributed by atoms with E-state index in [0.29, 0.717) is 16.7 Å². The lowest BCUT2D eigenvalue weighted by atomic mass is 10.1. The Morgan fingerprint density at radius 1 is 1.19 bits per heavy atom. The van der Waals surface area contributed by atoms with Crippen LogP contribution in [0.4, 0.5) is 20.2 Å². The Kier molecular flexibility index (Phi) is 3.96. The minimum atomic E-state index is -1.11. The number of nitrogens with zero attached hydrogens (tertiary/aromatic N) is 3. The van der Waals surface area contributed by atoms with Crippen LogP contribution in [0.3, 0.4) is 0 Å². The van der Waals surface area contributed by atoms with E-state index in [-0.39, 0.29) is 11.4 Å². The smallest absolute Gasteiger partial charge is 0.261 e. The largest absolute Gasteiger partial charge is 0.396 e. The van der Waals surface area contributed by atoms with Gasteiger partial charge in [-0.3, -0.25) is 14.9 Å². The Bertz CT molecular complexity index is 1160. The first-order valence-corrected chi connectivity index (χ1v) is 7.84. The van der Waals surface area contributed by atoms with E-state index in [1.54, 1.807) is 24.5 Å². The van der Waals surface area contributed by atoms with Crippen LogP contribution in [-0.2, 0) is 0 Å². The highest BCUT2D eigenvalue weighted by atomic mass is 19.1. The summed E-state index contributed by atoms with van der Waals surface area (Å²) in [6.45, 7) is 0. The fraction of sp³-hybridized carbons (Fsp3) is 0. The van der Waals surface area contributed by atoms with Crippen molar-refractivity contribution in [2.75, 3.05) is 11.1 Å². The van der Waals surface area contributed by atoms with Crippen molar-refractivity contribution in [2.45, 2.75) is 0 Å². The number of H-pyrrole nitrogens is 1. The van der Waals surface area contributed by atoms with Gasteiger partial charge in [-0.2, -0.15) is 5.10 Å². The van der Waals surface area contributed by atoms with Gasteiger partial charge in [0, 0.05) is 23.3 Å². The number of nitrogen functional groups attached to an aromatic ring is 1. The van der Waals surface area contributed by atoms with Gasteiger partial charge in [0.1, 0.15) is 17.1 Å². The summed E-state index contributed by atoms with van der Waals surface area (Å²) < 4.78 is 27.9. The first-order chi connectivity index (χ1) is 13.0. The quantitative estimate of drug-likeness (QED) is 0.483. The number of aromatic amines is 1. The van der Waals surface area contributed by atoms with Gasteiger partial charge in [-0.15, -0.1) is 0 Å². The number of fused-ring (bicyclic) bond motifs is 1. The molecule has 0 atom stereocenters. The summed E-state index contributed by atoms with van der Waals surface area (Å²) in [5, 5.41) is 10.0. The molecule has 0 saturated heterocycles. The molecular formula is C18H12F2N6O. The number of rotatable bonds is 3. The fourth-order valence-electron chi connectivity index (χ4n) is 2.67. The van der Waals surface area contributed by atoms with E-state index in [9.17, 15) is 13.6 Å². The molecule has 0 radical (unpaired) electrons. The van der Waals surface area contributed by atoms with Crippen molar-refractivity contribution < 1.29 is 13.6 Å². The Labute approximate surface area is 151 Å². The van der Waals surface area contributed by atoms with Crippen LogP contribution in [0.2, 0.25) is 0 Å². The van der Waals surface area contributed by atoms with Gasteiger partial charge in [0.25, 0.3) is 5.91 Å². The molecule has 27 heavy (non-hydrogen) atoms. The second-order valence-corrected chi connectivity index (χ2v) is 5.71. The third kappa shape index (κ3) is 2.95. The van der Waals surface area contributed by atoms with Gasteiger partial charge in [-0.25, -0.2) is 13.8 Å². The average molecular weight is 366 g/mol. The lowest BCUT2D eigenvalue weighted by Crippen LogP contribution is -2.17. The average Bonchev–Trinajstić information content (AvgIpc) is 3.09. The molecule has 4 aromatic rings. The van der Waals surface area contributed by atoms with Gasteiger partial charge in [-0.05, 0) is 30.3 Å². The SMILES string of the molecule is Nc1ccc(F)c(C(=O)Nc2cnc3[nH]nc(-c4cccnc4)c3c2)c1F. The first-order valence-electron chi connectivity index (χ1n) is 7.84. The van der Waals surface area contributed by atoms with Gasteiger partial charge >= 0.3 is 0 Å². The van der Waals surface area contributed by atoms with E-state index in [2.05, 4.69) is 25.5 Å². The van der Waals surface area contributed by atoms with E-state index in [0.717, 1.165) is 17.7 Å². The lowest BCUT2D eigenvalue weighted by molar-refractivity contribution is 0.101. The topological polar surface area (TPSA) is 110 Å². The molecule has 0 unspecified atom stereocenters. The number of carbonyl (C=O) groups excluding carboxylic acids is 1. The van der Waals surface area contributed by atoms with Gasteiger partial charge in [-0.1, -0.05) is 0 Å². The third-order valence-electron chi connectivity index (χ3n) is 3.96. The minimum Gasteiger partial charge on any atom is -0.396 e. The second kappa shape index (κ2) is 6.45. The highest BCUT2D eigenvalue weighted by molar-refractivity contribution is 6.06. The van der Waals surface area contributed by atoms with E-state index >= 15 is 0 Å². The predicted octanol–water partition coefficient (Wildman–Crippen LogP) is 3.13. The molecule has 0 aliphatic rings. The molecule has 1 amide bonds. The van der Waals surface area contributed by atoms with Gasteiger partial charge in [0.05, 0.1) is 17.6 Å². The Balaban J connectivity index is 1.71. The van der Waals surface area contributed by atoms with Crippen LogP contribution in [0.1, 0.15) is 10.4 Å². The molecule has 0 spiro atoms. The number of hydrogen-bond acceptors (Lipinski definition) is 5. The number of hydrogen-bond donors (Lipinski definition) is 3. The molecular weight excluding hydrogens is 354 g/mol. The Morgan fingerprint density at radius 3 is 2.81 bits per heavy atom. The summed E-state index contributed by atoms with van der Waals surface area (Å²) in [6.07, 6.45) is 4.63. The number of pyridine rings is 2. The van der Waals surface area contributed by atoms with E-state index < -0.39 is 23.1 Å². The minimum absolute atomic E-state index is 0.250. The molecule has 0 aliphatic carbocycles. The van der Waals surface area contributed by atoms with Gasteiger partial charge in [0.15, 0.2) is 11.5 Å². The molecule has 1 aromatic carbocycles. The van der Waals surface area contributed by atoms with E-state index in [1.165, 1.54) is 6.20 Å². The van der Waals surface area contributed by atoms with Crippen molar-refractivity contribution in [2.24, 2.45) is 0 Å². The van der Waals surface area contributed by atoms with Crippen LogP contribution in [0, 0.1) is 11.6 Å². The highest BCUT2D eigenvalue weighted by Crippen LogP contribution is 2.27. The third-order valence-corrected chi connectivity index (χ3v) is 3.96. The van der Waals surface area contributed by atoms with Crippen molar-refractivity contribution >= 4 is 28.3 Å². The van der Waals surface area contributed by atoms with Crippen LogP contribution in [0.5, 0.6) is 0 Å². The summed E-state index contributed by atoms with van der Waals surface area (Å²) in [5.41, 5.74) is 6.42. The molecule has 3 heterocycles. The number of aromatic nitrogens is 4. The van der Waals surface area contributed by atoms with Crippen LogP contribution >= 0.6 is 0 Å². The maximum atomic E-state index is 14.0. The van der Waals surface area contributed by atoms with Crippen molar-refractivity contribution in [1.82, 2.24) is 20.2 Å². The molecule has 0 bridgehead atoms. The van der Waals surface area contributed by atoms with Gasteiger partial charge < -0.3 is 11.1 Å². The monoisotopic (exact) mass is 366 g/mol. The van der Waals surface area contributed by atoms with Crippen LogP contribution in [0.25, 0.3) is 22.3 Å². The maximum Gasteiger partial charge on any atom is 0.261 e. The first kappa shape index (κ1) is 16.6. The lowest BCUT2D eigenvalue weighted by Gasteiger charge is -2.08. The summed E-state index contributed by atoms with van der Waals surface area (Å²) in [7, 11) is 0.